The van der Waals surface area contributed by atoms with Gasteiger partial charge in [-0.2, -0.15) is 0 Å². The Labute approximate surface area is 102 Å². The van der Waals surface area contributed by atoms with Crippen molar-refractivity contribution in [1.29, 1.82) is 0 Å². The summed E-state index contributed by atoms with van der Waals surface area (Å²) in [5, 5.41) is 13.7. The molecule has 88 valence electrons. The molecule has 6 heteroatoms. The van der Waals surface area contributed by atoms with Crippen LogP contribution in [0.15, 0.2) is 22.7 Å². The van der Waals surface area contributed by atoms with E-state index in [9.17, 15) is 10.1 Å². The number of unbranched alkanes of at least 4 members (excludes halogenated alkanes) is 1. The Bertz CT molecular complexity index is 371. The van der Waals surface area contributed by atoms with Gasteiger partial charge in [0.15, 0.2) is 0 Å². The van der Waals surface area contributed by atoms with Gasteiger partial charge in [0.1, 0.15) is 0 Å². The molecule has 0 aliphatic heterocycles. The highest BCUT2D eigenvalue weighted by atomic mass is 79.9. The van der Waals surface area contributed by atoms with E-state index in [1.165, 1.54) is 12.1 Å². The lowest BCUT2D eigenvalue weighted by Crippen LogP contribution is -2.06. The minimum atomic E-state index is -0.414. The first-order valence-corrected chi connectivity index (χ1v) is 5.82. The predicted molar refractivity (Wildman–Crippen MR) is 67.6 cm³/mol. The van der Waals surface area contributed by atoms with Crippen molar-refractivity contribution in [3.05, 3.63) is 32.8 Å². The number of halogens is 1. The standard InChI is InChI=1S/C10H14BrN3O2/c11-9-7-8(14(15)16)3-4-10(9)13-6-2-1-5-12/h3-4,7,13H,1-2,5-6,12H2. The van der Waals surface area contributed by atoms with E-state index in [-0.39, 0.29) is 5.69 Å². The molecule has 0 bridgehead atoms. The van der Waals surface area contributed by atoms with Crippen LogP contribution < -0.4 is 11.1 Å². The van der Waals surface area contributed by atoms with Gasteiger partial charge in [-0.05, 0) is 41.4 Å². The Morgan fingerprint density at radius 1 is 1.44 bits per heavy atom. The molecule has 3 N–H and O–H groups in total. The maximum Gasteiger partial charge on any atom is 0.270 e. The Hall–Kier alpha value is -1.14. The third kappa shape index (κ3) is 3.79. The highest BCUT2D eigenvalue weighted by Gasteiger charge is 2.08. The summed E-state index contributed by atoms with van der Waals surface area (Å²) in [5.41, 5.74) is 6.33. The topological polar surface area (TPSA) is 81.2 Å². The molecule has 0 atom stereocenters. The van der Waals surface area contributed by atoms with E-state index in [2.05, 4.69) is 21.2 Å². The molecule has 0 saturated heterocycles. The molecule has 0 unspecified atom stereocenters. The van der Waals surface area contributed by atoms with Gasteiger partial charge in [0.25, 0.3) is 5.69 Å². The summed E-state index contributed by atoms with van der Waals surface area (Å²) in [7, 11) is 0. The molecule has 1 aromatic carbocycles. The first-order chi connectivity index (χ1) is 7.65. The van der Waals surface area contributed by atoms with Gasteiger partial charge < -0.3 is 11.1 Å². The van der Waals surface area contributed by atoms with Crippen LogP contribution >= 0.6 is 15.9 Å². The van der Waals surface area contributed by atoms with Gasteiger partial charge in [-0.15, -0.1) is 0 Å². The first-order valence-electron chi connectivity index (χ1n) is 5.03. The lowest BCUT2D eigenvalue weighted by molar-refractivity contribution is -0.384. The molecule has 0 aromatic heterocycles. The Kier molecular flexibility index (Phi) is 5.21. The summed E-state index contributed by atoms with van der Waals surface area (Å²) >= 11 is 3.29. The highest BCUT2D eigenvalue weighted by molar-refractivity contribution is 9.10. The molecular formula is C10H14BrN3O2. The van der Waals surface area contributed by atoms with E-state index in [0.29, 0.717) is 11.0 Å². The van der Waals surface area contributed by atoms with Crippen LogP contribution in [0.2, 0.25) is 0 Å². The molecule has 1 rings (SSSR count). The summed E-state index contributed by atoms with van der Waals surface area (Å²) in [5.74, 6) is 0. The zero-order valence-electron chi connectivity index (χ0n) is 8.78. The van der Waals surface area contributed by atoms with Crippen molar-refractivity contribution >= 4 is 27.3 Å². The van der Waals surface area contributed by atoms with Gasteiger partial charge in [-0.1, -0.05) is 0 Å². The fourth-order valence-electron chi connectivity index (χ4n) is 1.25. The quantitative estimate of drug-likeness (QED) is 0.479. The van der Waals surface area contributed by atoms with Crippen LogP contribution in [0, 0.1) is 10.1 Å². The van der Waals surface area contributed by atoms with Crippen LogP contribution in [0.25, 0.3) is 0 Å². The number of nitro groups is 1. The number of anilines is 1. The third-order valence-electron chi connectivity index (χ3n) is 2.11. The molecule has 0 aliphatic carbocycles. The van der Waals surface area contributed by atoms with Gasteiger partial charge in [0.2, 0.25) is 0 Å². The van der Waals surface area contributed by atoms with Crippen molar-refractivity contribution < 1.29 is 4.92 Å². The average molecular weight is 288 g/mol. The number of rotatable bonds is 6. The normalized spacial score (nSPS) is 10.1. The molecule has 0 fully saturated rings. The second-order valence-corrected chi connectivity index (χ2v) is 4.20. The molecule has 0 heterocycles. The second kappa shape index (κ2) is 6.44. The number of nitrogens with two attached hydrogens (primary N) is 1. The number of nitrogens with zero attached hydrogens (tertiary/aromatic N) is 1. The van der Waals surface area contributed by atoms with E-state index < -0.39 is 4.92 Å². The van der Waals surface area contributed by atoms with Crippen molar-refractivity contribution in [3.63, 3.8) is 0 Å². The Morgan fingerprint density at radius 2 is 2.19 bits per heavy atom. The molecule has 5 nitrogen and oxygen atoms in total. The van der Waals surface area contributed by atoms with Crippen molar-refractivity contribution in [2.45, 2.75) is 12.8 Å². The van der Waals surface area contributed by atoms with E-state index in [1.54, 1.807) is 6.07 Å². The van der Waals surface area contributed by atoms with Crippen LogP contribution in [0.5, 0.6) is 0 Å². The van der Waals surface area contributed by atoms with E-state index >= 15 is 0 Å². The smallest absolute Gasteiger partial charge is 0.270 e. The van der Waals surface area contributed by atoms with Crippen LogP contribution in [0.1, 0.15) is 12.8 Å². The lowest BCUT2D eigenvalue weighted by atomic mass is 10.2. The number of nitro benzene ring substituents is 1. The van der Waals surface area contributed by atoms with Crippen molar-refractivity contribution in [2.24, 2.45) is 5.73 Å². The van der Waals surface area contributed by atoms with Crippen LogP contribution in [-0.4, -0.2) is 18.0 Å². The lowest BCUT2D eigenvalue weighted by Gasteiger charge is -2.07. The minimum Gasteiger partial charge on any atom is -0.384 e. The summed E-state index contributed by atoms with van der Waals surface area (Å²) < 4.78 is 0.703. The van der Waals surface area contributed by atoms with E-state index in [4.69, 9.17) is 5.73 Å². The third-order valence-corrected chi connectivity index (χ3v) is 2.77. The Morgan fingerprint density at radius 3 is 2.75 bits per heavy atom. The summed E-state index contributed by atoms with van der Waals surface area (Å²) in [4.78, 5) is 10.1. The SMILES string of the molecule is NCCCCNc1ccc([N+](=O)[O-])cc1Br. The minimum absolute atomic E-state index is 0.0828. The van der Waals surface area contributed by atoms with E-state index in [0.717, 1.165) is 25.1 Å². The largest absolute Gasteiger partial charge is 0.384 e. The maximum absolute atomic E-state index is 10.5. The highest BCUT2D eigenvalue weighted by Crippen LogP contribution is 2.26. The van der Waals surface area contributed by atoms with Gasteiger partial charge in [0, 0.05) is 28.8 Å². The van der Waals surface area contributed by atoms with Gasteiger partial charge in [-0.25, -0.2) is 0 Å². The second-order valence-electron chi connectivity index (χ2n) is 3.34. The number of nitrogens with one attached hydrogen (secondary N) is 1. The molecule has 0 amide bonds. The number of non-ortho nitro benzene ring substituents is 1. The summed E-state index contributed by atoms with van der Waals surface area (Å²) in [6.45, 7) is 1.50. The van der Waals surface area contributed by atoms with Crippen LogP contribution in [0.4, 0.5) is 11.4 Å². The molecule has 0 saturated carbocycles. The van der Waals surface area contributed by atoms with Gasteiger partial charge >= 0.3 is 0 Å². The fraction of sp³-hybridized carbons (Fsp3) is 0.400. The Balaban J connectivity index is 2.57. The zero-order chi connectivity index (χ0) is 12.0. The fourth-order valence-corrected chi connectivity index (χ4v) is 1.76. The number of hydrogen-bond donors (Lipinski definition) is 2. The molecule has 0 aliphatic rings. The van der Waals surface area contributed by atoms with Crippen LogP contribution in [-0.2, 0) is 0 Å². The van der Waals surface area contributed by atoms with Crippen molar-refractivity contribution in [3.8, 4) is 0 Å². The number of hydrogen-bond acceptors (Lipinski definition) is 4. The molecule has 0 radical (unpaired) electrons. The zero-order valence-corrected chi connectivity index (χ0v) is 10.4. The maximum atomic E-state index is 10.5. The predicted octanol–water partition coefficient (Wildman–Crippen LogP) is 2.51. The molecule has 1 aromatic rings. The summed E-state index contributed by atoms with van der Waals surface area (Å²) in [6, 6.07) is 4.67. The first kappa shape index (κ1) is 12.9. The van der Waals surface area contributed by atoms with Gasteiger partial charge in [-0.3, -0.25) is 10.1 Å². The number of benzene rings is 1. The molecular weight excluding hydrogens is 274 g/mol. The molecule has 16 heavy (non-hydrogen) atoms. The van der Waals surface area contributed by atoms with Crippen LogP contribution in [0.3, 0.4) is 0 Å². The van der Waals surface area contributed by atoms with Gasteiger partial charge in [0.05, 0.1) is 4.92 Å². The monoisotopic (exact) mass is 287 g/mol. The van der Waals surface area contributed by atoms with Crippen molar-refractivity contribution in [1.82, 2.24) is 0 Å². The van der Waals surface area contributed by atoms with E-state index in [1.807, 2.05) is 0 Å². The van der Waals surface area contributed by atoms with Crippen molar-refractivity contribution in [2.75, 3.05) is 18.4 Å². The average Bonchev–Trinajstić information content (AvgIpc) is 2.26. The summed E-state index contributed by atoms with van der Waals surface area (Å²) in [6.07, 6.45) is 1.96. The molecule has 0 spiro atoms.